The van der Waals surface area contributed by atoms with Gasteiger partial charge in [-0.2, -0.15) is 18.3 Å². The lowest BCUT2D eigenvalue weighted by atomic mass is 10.1. The molecule has 0 bridgehead atoms. The highest BCUT2D eigenvalue weighted by atomic mass is 35.5. The number of nitrogens with zero attached hydrogens (tertiary/aromatic N) is 4. The molecule has 0 aliphatic carbocycles. The van der Waals surface area contributed by atoms with Gasteiger partial charge in [-0.3, -0.25) is 4.68 Å². The summed E-state index contributed by atoms with van der Waals surface area (Å²) in [6.45, 7) is 0. The Balaban J connectivity index is 1.85. The molecule has 4 aromatic rings. The van der Waals surface area contributed by atoms with Gasteiger partial charge in [-0.1, -0.05) is 22.8 Å². The molecule has 3 aromatic heterocycles. The second-order valence-corrected chi connectivity index (χ2v) is 7.06. The Hall–Kier alpha value is -2.79. The topological polar surface area (TPSA) is 56.7 Å². The SMILES string of the molecule is Cn1nc(C(F)(F)F)c(-c2oncc2-c2nc(-c3c(F)cccc3F)cs2)c1Cl. The number of aromatic nitrogens is 4. The van der Waals surface area contributed by atoms with Crippen molar-refractivity contribution in [3.8, 4) is 33.2 Å². The number of thiazole rings is 1. The van der Waals surface area contributed by atoms with Gasteiger partial charge in [-0.25, -0.2) is 13.8 Å². The molecule has 0 amide bonds. The van der Waals surface area contributed by atoms with Gasteiger partial charge in [-0.05, 0) is 12.1 Å². The summed E-state index contributed by atoms with van der Waals surface area (Å²) in [5, 5.41) is 8.16. The van der Waals surface area contributed by atoms with Crippen molar-refractivity contribution in [2.24, 2.45) is 7.05 Å². The molecule has 3 heterocycles. The monoisotopic (exact) mass is 446 g/mol. The Morgan fingerprint density at radius 2 is 1.83 bits per heavy atom. The van der Waals surface area contributed by atoms with E-state index in [-0.39, 0.29) is 32.7 Å². The molecule has 12 heteroatoms. The van der Waals surface area contributed by atoms with E-state index in [0.29, 0.717) is 0 Å². The van der Waals surface area contributed by atoms with E-state index in [4.69, 9.17) is 16.1 Å². The van der Waals surface area contributed by atoms with Gasteiger partial charge in [0.2, 0.25) is 0 Å². The summed E-state index contributed by atoms with van der Waals surface area (Å²) in [6.07, 6.45) is -3.65. The molecule has 0 spiro atoms. The zero-order valence-electron chi connectivity index (χ0n) is 14.3. The fourth-order valence-electron chi connectivity index (χ4n) is 2.73. The van der Waals surface area contributed by atoms with Gasteiger partial charge in [0.1, 0.15) is 21.8 Å². The molecule has 0 unspecified atom stereocenters. The summed E-state index contributed by atoms with van der Waals surface area (Å²) in [6, 6.07) is 3.36. The average molecular weight is 447 g/mol. The van der Waals surface area contributed by atoms with Crippen LogP contribution in [0.1, 0.15) is 5.69 Å². The first-order valence-electron chi connectivity index (χ1n) is 7.83. The molecule has 0 saturated carbocycles. The highest BCUT2D eigenvalue weighted by molar-refractivity contribution is 7.13. The van der Waals surface area contributed by atoms with Crippen LogP contribution in [0.15, 0.2) is 34.3 Å². The second kappa shape index (κ2) is 6.92. The van der Waals surface area contributed by atoms with E-state index in [1.165, 1.54) is 18.5 Å². The third-order valence-corrected chi connectivity index (χ3v) is 5.31. The molecule has 0 radical (unpaired) electrons. The average Bonchev–Trinajstić information content (AvgIpc) is 3.34. The standard InChI is InChI=1S/C17H8ClF5N4OS/c1-27-15(18)12(14(26-27)17(21,22)23)13-7(5-24-28-13)16-25-10(6-29-16)11-8(19)3-2-4-9(11)20/h2-6H,1H3. The quantitative estimate of drug-likeness (QED) is 0.372. The third kappa shape index (κ3) is 3.29. The highest BCUT2D eigenvalue weighted by Gasteiger charge is 2.41. The predicted octanol–water partition coefficient (Wildman–Crippen LogP) is 5.82. The second-order valence-electron chi connectivity index (χ2n) is 5.84. The van der Waals surface area contributed by atoms with Crippen molar-refractivity contribution in [3.05, 3.63) is 52.3 Å². The van der Waals surface area contributed by atoms with E-state index < -0.39 is 29.1 Å². The number of hydrogen-bond donors (Lipinski definition) is 0. The smallest absolute Gasteiger partial charge is 0.355 e. The number of rotatable bonds is 3. The Kier molecular flexibility index (Phi) is 4.66. The Morgan fingerprint density at radius 1 is 1.14 bits per heavy atom. The summed E-state index contributed by atoms with van der Waals surface area (Å²) in [5.74, 6) is -1.94. The maximum Gasteiger partial charge on any atom is 0.435 e. The molecule has 5 nitrogen and oxygen atoms in total. The number of halogens is 6. The predicted molar refractivity (Wildman–Crippen MR) is 95.2 cm³/mol. The lowest BCUT2D eigenvalue weighted by Gasteiger charge is -2.05. The first-order valence-corrected chi connectivity index (χ1v) is 9.09. The molecule has 0 atom stereocenters. The van der Waals surface area contributed by atoms with Crippen molar-refractivity contribution in [2.75, 3.05) is 0 Å². The van der Waals surface area contributed by atoms with Gasteiger partial charge in [0.25, 0.3) is 0 Å². The van der Waals surface area contributed by atoms with Gasteiger partial charge in [0.15, 0.2) is 11.5 Å². The van der Waals surface area contributed by atoms with E-state index in [2.05, 4.69) is 15.2 Å². The van der Waals surface area contributed by atoms with Gasteiger partial charge in [0.05, 0.1) is 28.6 Å². The van der Waals surface area contributed by atoms with Crippen LogP contribution in [0.3, 0.4) is 0 Å². The summed E-state index contributed by atoms with van der Waals surface area (Å²) >= 11 is 6.97. The first-order chi connectivity index (χ1) is 13.7. The lowest BCUT2D eigenvalue weighted by molar-refractivity contribution is -0.141. The molecule has 1 aromatic carbocycles. The molecular formula is C17H8ClF5N4OS. The number of hydrogen-bond acceptors (Lipinski definition) is 5. The van der Waals surface area contributed by atoms with Gasteiger partial charge in [0, 0.05) is 12.4 Å². The number of alkyl halides is 3. The number of benzene rings is 1. The van der Waals surface area contributed by atoms with Crippen LogP contribution in [0.4, 0.5) is 22.0 Å². The Morgan fingerprint density at radius 3 is 2.48 bits per heavy atom. The van der Waals surface area contributed by atoms with E-state index in [1.54, 1.807) is 0 Å². The van der Waals surface area contributed by atoms with Crippen LogP contribution in [0.5, 0.6) is 0 Å². The molecule has 4 rings (SSSR count). The third-order valence-electron chi connectivity index (χ3n) is 4.00. The van der Waals surface area contributed by atoms with E-state index >= 15 is 0 Å². The lowest BCUT2D eigenvalue weighted by Crippen LogP contribution is -2.08. The molecule has 0 aliphatic rings. The van der Waals surface area contributed by atoms with Crippen LogP contribution >= 0.6 is 22.9 Å². The summed E-state index contributed by atoms with van der Waals surface area (Å²) in [5.41, 5.74) is -2.02. The highest BCUT2D eigenvalue weighted by Crippen LogP contribution is 2.44. The van der Waals surface area contributed by atoms with E-state index in [0.717, 1.165) is 34.3 Å². The molecule has 0 saturated heterocycles. The van der Waals surface area contributed by atoms with Gasteiger partial charge in [-0.15, -0.1) is 11.3 Å². The maximum atomic E-state index is 14.0. The zero-order valence-corrected chi connectivity index (χ0v) is 15.8. The van der Waals surface area contributed by atoms with Crippen molar-refractivity contribution < 1.29 is 26.5 Å². The minimum absolute atomic E-state index is 0.0129. The van der Waals surface area contributed by atoms with Crippen molar-refractivity contribution in [1.29, 1.82) is 0 Å². The van der Waals surface area contributed by atoms with Crippen molar-refractivity contribution >= 4 is 22.9 Å². The minimum Gasteiger partial charge on any atom is -0.355 e. The summed E-state index contributed by atoms with van der Waals surface area (Å²) < 4.78 is 74.1. The fraction of sp³-hybridized carbons (Fsp3) is 0.118. The Labute approximate surface area is 168 Å². The van der Waals surface area contributed by atoms with Crippen molar-refractivity contribution in [3.63, 3.8) is 0 Å². The van der Waals surface area contributed by atoms with Crippen LogP contribution in [0.2, 0.25) is 5.15 Å². The zero-order chi connectivity index (χ0) is 20.9. The van der Waals surface area contributed by atoms with Crippen LogP contribution in [-0.2, 0) is 13.2 Å². The largest absolute Gasteiger partial charge is 0.435 e. The number of aryl methyl sites for hydroxylation is 1. The van der Waals surface area contributed by atoms with Crippen molar-refractivity contribution in [2.45, 2.75) is 6.18 Å². The molecule has 150 valence electrons. The van der Waals surface area contributed by atoms with Crippen LogP contribution in [0.25, 0.3) is 33.2 Å². The Bertz CT molecular complexity index is 1190. The van der Waals surface area contributed by atoms with Gasteiger partial charge < -0.3 is 4.52 Å². The summed E-state index contributed by atoms with van der Waals surface area (Å²) in [4.78, 5) is 4.15. The molecule has 0 N–H and O–H groups in total. The van der Waals surface area contributed by atoms with Crippen molar-refractivity contribution in [1.82, 2.24) is 19.9 Å². The van der Waals surface area contributed by atoms with Crippen LogP contribution in [0, 0.1) is 11.6 Å². The first kappa shape index (κ1) is 19.5. The van der Waals surface area contributed by atoms with Crippen LogP contribution in [-0.4, -0.2) is 19.9 Å². The molecule has 0 fully saturated rings. The molecular weight excluding hydrogens is 439 g/mol. The normalized spacial score (nSPS) is 12.0. The molecule has 0 aliphatic heterocycles. The van der Waals surface area contributed by atoms with Crippen LogP contribution < -0.4 is 0 Å². The van der Waals surface area contributed by atoms with E-state index in [1.807, 2.05) is 0 Å². The minimum atomic E-state index is -4.80. The molecule has 29 heavy (non-hydrogen) atoms. The van der Waals surface area contributed by atoms with Gasteiger partial charge >= 0.3 is 6.18 Å². The fourth-order valence-corrected chi connectivity index (χ4v) is 3.76. The summed E-state index contributed by atoms with van der Waals surface area (Å²) in [7, 11) is 1.25. The maximum absolute atomic E-state index is 14.0. The van der Waals surface area contributed by atoms with E-state index in [9.17, 15) is 22.0 Å².